The Kier molecular flexibility index (Phi) is 2.90. The summed E-state index contributed by atoms with van der Waals surface area (Å²) >= 11 is 0. The smallest absolute Gasteiger partial charge is 0.122 e. The lowest BCUT2D eigenvalue weighted by Crippen LogP contribution is -2.09. The summed E-state index contributed by atoms with van der Waals surface area (Å²) in [6, 6.07) is 5.76. The Balaban J connectivity index is 2.31. The van der Waals surface area contributed by atoms with Gasteiger partial charge in [0.15, 0.2) is 0 Å². The van der Waals surface area contributed by atoms with Gasteiger partial charge in [0.1, 0.15) is 5.82 Å². The third-order valence-corrected chi connectivity index (χ3v) is 2.31. The molecule has 0 aromatic carbocycles. The number of anilines is 1. The minimum absolute atomic E-state index is 0.531. The molecule has 0 aliphatic carbocycles. The number of rotatable bonds is 3. The van der Waals surface area contributed by atoms with Crippen molar-refractivity contribution in [2.75, 3.05) is 5.73 Å². The van der Waals surface area contributed by atoms with Crippen molar-refractivity contribution in [3.05, 3.63) is 30.6 Å². The van der Waals surface area contributed by atoms with Gasteiger partial charge in [0.2, 0.25) is 0 Å². The maximum atomic E-state index is 5.91. The monoisotopic (exact) mass is 216 g/mol. The predicted molar refractivity (Wildman–Crippen MR) is 64.7 cm³/mol. The molecule has 2 rings (SSSR count). The molecule has 0 saturated carbocycles. The molecule has 0 bridgehead atoms. The van der Waals surface area contributed by atoms with Crippen LogP contribution in [0.15, 0.2) is 30.6 Å². The fourth-order valence-electron chi connectivity index (χ4n) is 1.58. The van der Waals surface area contributed by atoms with Gasteiger partial charge >= 0.3 is 0 Å². The van der Waals surface area contributed by atoms with Crippen molar-refractivity contribution in [1.29, 1.82) is 0 Å². The minimum Gasteiger partial charge on any atom is -0.384 e. The van der Waals surface area contributed by atoms with E-state index in [4.69, 9.17) is 5.73 Å². The number of nitrogens with zero attached hydrogens (tertiary/aromatic N) is 3. The van der Waals surface area contributed by atoms with Gasteiger partial charge in [-0.15, -0.1) is 0 Å². The third kappa shape index (κ3) is 2.21. The summed E-state index contributed by atoms with van der Waals surface area (Å²) in [5.41, 5.74) is 7.78. The highest BCUT2D eigenvalue weighted by Gasteiger charge is 2.07. The number of nitrogens with two attached hydrogens (primary N) is 1. The molecule has 4 nitrogen and oxygen atoms in total. The van der Waals surface area contributed by atoms with Gasteiger partial charge in [0.25, 0.3) is 0 Å². The summed E-state index contributed by atoms with van der Waals surface area (Å²) in [6.07, 6.45) is 3.54. The number of nitrogen functional groups attached to an aromatic ring is 1. The molecule has 2 aromatic rings. The molecular formula is C12H16N4. The zero-order chi connectivity index (χ0) is 11.5. The normalized spacial score (nSPS) is 10.9. The standard InChI is InChI=1S/C12H16N4/c1-9(2)8-16-12(13)6-11(15-16)10-4-3-5-14-7-10/h3-7,9H,8,13H2,1-2H3. The van der Waals surface area contributed by atoms with Crippen molar-refractivity contribution >= 4 is 5.82 Å². The summed E-state index contributed by atoms with van der Waals surface area (Å²) in [4.78, 5) is 4.07. The lowest BCUT2D eigenvalue weighted by Gasteiger charge is -2.06. The average Bonchev–Trinajstić information content (AvgIpc) is 2.61. The molecule has 0 spiro atoms. The van der Waals surface area contributed by atoms with Crippen molar-refractivity contribution in [3.8, 4) is 11.3 Å². The van der Waals surface area contributed by atoms with E-state index in [1.807, 2.05) is 22.9 Å². The van der Waals surface area contributed by atoms with Crippen LogP contribution in [0, 0.1) is 5.92 Å². The fraction of sp³-hybridized carbons (Fsp3) is 0.333. The van der Waals surface area contributed by atoms with E-state index in [0.717, 1.165) is 17.8 Å². The van der Waals surface area contributed by atoms with E-state index in [1.54, 1.807) is 12.4 Å². The van der Waals surface area contributed by atoms with E-state index in [-0.39, 0.29) is 0 Å². The zero-order valence-corrected chi connectivity index (χ0v) is 9.59. The first kappa shape index (κ1) is 10.7. The van der Waals surface area contributed by atoms with Crippen LogP contribution < -0.4 is 5.73 Å². The second-order valence-electron chi connectivity index (χ2n) is 4.27. The van der Waals surface area contributed by atoms with Crippen LogP contribution in [0.5, 0.6) is 0 Å². The molecule has 4 heteroatoms. The van der Waals surface area contributed by atoms with Gasteiger partial charge in [-0.05, 0) is 18.1 Å². The Morgan fingerprint density at radius 1 is 1.44 bits per heavy atom. The van der Waals surface area contributed by atoms with Gasteiger partial charge in [-0.25, -0.2) is 4.68 Å². The largest absolute Gasteiger partial charge is 0.384 e. The molecule has 0 aliphatic rings. The molecule has 0 unspecified atom stereocenters. The van der Waals surface area contributed by atoms with Gasteiger partial charge in [-0.1, -0.05) is 13.8 Å². The number of pyridine rings is 1. The van der Waals surface area contributed by atoms with Crippen LogP contribution >= 0.6 is 0 Å². The SMILES string of the molecule is CC(C)Cn1nc(-c2cccnc2)cc1N. The Bertz CT molecular complexity index is 459. The Hall–Kier alpha value is -1.84. The molecule has 0 aliphatic heterocycles. The molecule has 0 radical (unpaired) electrons. The summed E-state index contributed by atoms with van der Waals surface area (Å²) in [5.74, 6) is 1.23. The number of aromatic nitrogens is 3. The highest BCUT2D eigenvalue weighted by Crippen LogP contribution is 2.19. The maximum absolute atomic E-state index is 5.91. The Morgan fingerprint density at radius 2 is 2.25 bits per heavy atom. The van der Waals surface area contributed by atoms with Gasteiger partial charge in [0, 0.05) is 30.6 Å². The van der Waals surface area contributed by atoms with Crippen LogP contribution in [-0.4, -0.2) is 14.8 Å². The lowest BCUT2D eigenvalue weighted by molar-refractivity contribution is 0.489. The van der Waals surface area contributed by atoms with Crippen molar-refractivity contribution in [1.82, 2.24) is 14.8 Å². The van der Waals surface area contributed by atoms with E-state index in [2.05, 4.69) is 23.9 Å². The first-order chi connectivity index (χ1) is 7.66. The van der Waals surface area contributed by atoms with Crippen LogP contribution in [0.25, 0.3) is 11.3 Å². The Morgan fingerprint density at radius 3 is 2.88 bits per heavy atom. The van der Waals surface area contributed by atoms with Gasteiger partial charge < -0.3 is 5.73 Å². The van der Waals surface area contributed by atoms with E-state index in [1.165, 1.54) is 0 Å². The van der Waals surface area contributed by atoms with Gasteiger partial charge in [0.05, 0.1) is 5.69 Å². The highest BCUT2D eigenvalue weighted by atomic mass is 15.3. The maximum Gasteiger partial charge on any atom is 0.122 e. The third-order valence-electron chi connectivity index (χ3n) is 2.31. The molecule has 2 aromatic heterocycles. The van der Waals surface area contributed by atoms with Crippen molar-refractivity contribution in [2.45, 2.75) is 20.4 Å². The van der Waals surface area contributed by atoms with E-state index < -0.39 is 0 Å². The van der Waals surface area contributed by atoms with Crippen LogP contribution in [0.1, 0.15) is 13.8 Å². The molecule has 16 heavy (non-hydrogen) atoms. The molecule has 84 valence electrons. The second kappa shape index (κ2) is 4.35. The second-order valence-corrected chi connectivity index (χ2v) is 4.27. The minimum atomic E-state index is 0.531. The topological polar surface area (TPSA) is 56.7 Å². The zero-order valence-electron chi connectivity index (χ0n) is 9.59. The molecule has 0 atom stereocenters. The highest BCUT2D eigenvalue weighted by molar-refractivity contribution is 5.60. The quantitative estimate of drug-likeness (QED) is 0.855. The van der Waals surface area contributed by atoms with E-state index in [9.17, 15) is 0 Å². The molecule has 2 heterocycles. The number of hydrogen-bond donors (Lipinski definition) is 1. The van der Waals surface area contributed by atoms with E-state index >= 15 is 0 Å². The Labute approximate surface area is 95.1 Å². The van der Waals surface area contributed by atoms with Crippen LogP contribution in [0.4, 0.5) is 5.82 Å². The number of hydrogen-bond acceptors (Lipinski definition) is 3. The average molecular weight is 216 g/mol. The molecule has 0 fully saturated rings. The first-order valence-corrected chi connectivity index (χ1v) is 5.40. The van der Waals surface area contributed by atoms with Gasteiger partial charge in [-0.3, -0.25) is 4.98 Å². The van der Waals surface area contributed by atoms with Crippen molar-refractivity contribution < 1.29 is 0 Å². The summed E-state index contributed by atoms with van der Waals surface area (Å²) in [6.45, 7) is 5.13. The predicted octanol–water partition coefficient (Wildman–Crippen LogP) is 2.18. The van der Waals surface area contributed by atoms with Crippen molar-refractivity contribution in [2.24, 2.45) is 5.92 Å². The van der Waals surface area contributed by atoms with Gasteiger partial charge in [-0.2, -0.15) is 5.10 Å². The summed E-state index contributed by atoms with van der Waals surface area (Å²) in [7, 11) is 0. The fourth-order valence-corrected chi connectivity index (χ4v) is 1.58. The first-order valence-electron chi connectivity index (χ1n) is 5.40. The molecule has 0 saturated heterocycles. The van der Waals surface area contributed by atoms with Crippen molar-refractivity contribution in [3.63, 3.8) is 0 Å². The molecule has 0 amide bonds. The molecule has 2 N–H and O–H groups in total. The lowest BCUT2D eigenvalue weighted by atomic mass is 10.2. The van der Waals surface area contributed by atoms with Crippen LogP contribution in [0.2, 0.25) is 0 Å². The van der Waals surface area contributed by atoms with Crippen LogP contribution in [-0.2, 0) is 6.54 Å². The summed E-state index contributed by atoms with van der Waals surface area (Å²) < 4.78 is 1.84. The molecular weight excluding hydrogens is 200 g/mol. The van der Waals surface area contributed by atoms with E-state index in [0.29, 0.717) is 11.7 Å². The van der Waals surface area contributed by atoms with Crippen LogP contribution in [0.3, 0.4) is 0 Å². The summed E-state index contributed by atoms with van der Waals surface area (Å²) in [5, 5.41) is 4.47.